The fraction of sp³-hybridized carbons (Fsp3) is 0. The highest BCUT2D eigenvalue weighted by Gasteiger charge is 2.27. The lowest BCUT2D eigenvalue weighted by Gasteiger charge is -2.29. The van der Waals surface area contributed by atoms with Crippen molar-refractivity contribution in [2.45, 2.75) is 0 Å². The van der Waals surface area contributed by atoms with Gasteiger partial charge in [0.2, 0.25) is 0 Å². The Bertz CT molecular complexity index is 2540. The SMILES string of the molecule is C=P(c1ccccc1)(c1ccccc1)c1ccc2c(-c3ccccc3)c3cc(P(=C)(c4ccccc4)c4ccccc4)ccc3c(-c3ccccc3)c2c1. The minimum atomic E-state index is -2.24. The molecule has 9 rings (SSSR count). The first-order valence-electron chi connectivity index (χ1n) is 18.4. The molecule has 0 fully saturated rings. The minimum absolute atomic E-state index is 1.20. The van der Waals surface area contributed by atoms with E-state index in [2.05, 4.69) is 218 Å². The molecule has 0 saturated carbocycles. The summed E-state index contributed by atoms with van der Waals surface area (Å²) in [6.07, 6.45) is 10.3. The normalized spacial score (nSPS) is 11.9. The lowest BCUT2D eigenvalue weighted by molar-refractivity contribution is 1.66. The van der Waals surface area contributed by atoms with E-state index in [-0.39, 0.29) is 0 Å². The Morgan fingerprint density at radius 3 is 0.778 bits per heavy atom. The zero-order chi connectivity index (χ0) is 36.5. The minimum Gasteiger partial charge on any atom is -0.0887 e. The summed E-state index contributed by atoms with van der Waals surface area (Å²) < 4.78 is 0. The smallest absolute Gasteiger partial charge is 0.00261 e. The first-order chi connectivity index (χ1) is 26.6. The van der Waals surface area contributed by atoms with Crippen LogP contribution in [0.5, 0.6) is 0 Å². The number of hydrogen-bond donors (Lipinski definition) is 0. The van der Waals surface area contributed by atoms with Gasteiger partial charge in [0.05, 0.1) is 0 Å². The summed E-state index contributed by atoms with van der Waals surface area (Å²) in [5, 5.41) is 12.5. The molecule has 0 N–H and O–H groups in total. The molecule has 2 heteroatoms. The first-order valence-corrected chi connectivity index (χ1v) is 22.4. The maximum atomic E-state index is 5.14. The molecule has 0 heterocycles. The fourth-order valence-electron chi connectivity index (χ4n) is 8.14. The van der Waals surface area contributed by atoms with Gasteiger partial charge in [0.1, 0.15) is 0 Å². The molecule has 0 unspecified atom stereocenters. The van der Waals surface area contributed by atoms with Crippen LogP contribution in [0.3, 0.4) is 0 Å². The van der Waals surface area contributed by atoms with Gasteiger partial charge in [-0.3, -0.25) is 0 Å². The fourth-order valence-corrected chi connectivity index (χ4v) is 14.0. The summed E-state index contributed by atoms with van der Waals surface area (Å²) in [6, 6.07) is 79.7. The van der Waals surface area contributed by atoms with Gasteiger partial charge in [-0.1, -0.05) is 219 Å². The van der Waals surface area contributed by atoms with E-state index in [1.165, 1.54) is 75.6 Å². The van der Waals surface area contributed by atoms with Crippen molar-refractivity contribution in [1.29, 1.82) is 0 Å². The zero-order valence-electron chi connectivity index (χ0n) is 30.1. The van der Waals surface area contributed by atoms with Crippen LogP contribution in [0.1, 0.15) is 0 Å². The van der Waals surface area contributed by atoms with E-state index in [0.717, 1.165) is 0 Å². The molecule has 0 radical (unpaired) electrons. The second-order valence-corrected chi connectivity index (χ2v) is 20.2. The second-order valence-electron chi connectivity index (χ2n) is 13.9. The molecule has 0 nitrogen and oxygen atoms in total. The molecule has 0 amide bonds. The van der Waals surface area contributed by atoms with Crippen LogP contribution in [0.25, 0.3) is 43.8 Å². The van der Waals surface area contributed by atoms with Crippen LogP contribution in [-0.2, 0) is 0 Å². The Labute approximate surface area is 319 Å². The van der Waals surface area contributed by atoms with Gasteiger partial charge in [-0.15, -0.1) is 0 Å². The van der Waals surface area contributed by atoms with E-state index in [4.69, 9.17) is 12.6 Å². The molecule has 0 aromatic heterocycles. The topological polar surface area (TPSA) is 0 Å². The maximum absolute atomic E-state index is 5.14. The van der Waals surface area contributed by atoms with Crippen molar-refractivity contribution in [1.82, 2.24) is 0 Å². The summed E-state index contributed by atoms with van der Waals surface area (Å²) in [4.78, 5) is 0. The van der Waals surface area contributed by atoms with Gasteiger partial charge >= 0.3 is 0 Å². The molecule has 0 aliphatic carbocycles. The monoisotopic (exact) mass is 726 g/mol. The van der Waals surface area contributed by atoms with Crippen molar-refractivity contribution in [3.8, 4) is 22.3 Å². The molecule has 9 aromatic rings. The van der Waals surface area contributed by atoms with Crippen LogP contribution in [-0.4, -0.2) is 12.6 Å². The Hall–Kier alpha value is -5.90. The molecule has 0 spiro atoms. The van der Waals surface area contributed by atoms with Crippen molar-refractivity contribution in [2.24, 2.45) is 0 Å². The second kappa shape index (κ2) is 14.2. The molecule has 0 saturated heterocycles. The molecule has 0 bridgehead atoms. The maximum Gasteiger partial charge on any atom is -0.00261 e. The number of fused-ring (bicyclic) bond motifs is 2. The van der Waals surface area contributed by atoms with Gasteiger partial charge in [-0.05, 0) is 102 Å². The van der Waals surface area contributed by atoms with Crippen LogP contribution in [0.15, 0.2) is 218 Å². The lowest BCUT2D eigenvalue weighted by Crippen LogP contribution is -2.25. The van der Waals surface area contributed by atoms with E-state index in [0.29, 0.717) is 0 Å². The van der Waals surface area contributed by atoms with Crippen molar-refractivity contribution in [2.75, 3.05) is 0 Å². The van der Waals surface area contributed by atoms with E-state index < -0.39 is 13.8 Å². The molecule has 0 atom stereocenters. The van der Waals surface area contributed by atoms with Gasteiger partial charge in [-0.25, -0.2) is 0 Å². The highest BCUT2D eigenvalue weighted by Crippen LogP contribution is 2.49. The van der Waals surface area contributed by atoms with Crippen LogP contribution in [0.2, 0.25) is 0 Å². The van der Waals surface area contributed by atoms with Crippen molar-refractivity contribution in [3.05, 3.63) is 218 Å². The van der Waals surface area contributed by atoms with E-state index >= 15 is 0 Å². The standard InChI is InChI=1S/C52H40P2/c1-53(41-25-13-5-14-26-41,42-27-15-6-16-28-42)45-33-35-47-49(37-45)51(39-21-9-3-10-22-39)48-36-34-46(38-50(48)52(47)40-23-11-4-12-24-40)54(2,43-29-17-7-18-30-43)44-31-19-8-20-32-44/h3-38H,1-2H2. The quantitative estimate of drug-likeness (QED) is 0.108. The summed E-state index contributed by atoms with van der Waals surface area (Å²) in [5.41, 5.74) is 4.89. The van der Waals surface area contributed by atoms with Gasteiger partial charge < -0.3 is 0 Å². The molecule has 258 valence electrons. The lowest BCUT2D eigenvalue weighted by atomic mass is 9.86. The van der Waals surface area contributed by atoms with Crippen LogP contribution in [0.4, 0.5) is 0 Å². The summed E-state index contributed by atoms with van der Waals surface area (Å²) in [7, 11) is 0. The van der Waals surface area contributed by atoms with E-state index in [9.17, 15) is 0 Å². The molecular formula is C52H40P2. The van der Waals surface area contributed by atoms with Crippen molar-refractivity contribution in [3.63, 3.8) is 0 Å². The Morgan fingerprint density at radius 2 is 0.500 bits per heavy atom. The van der Waals surface area contributed by atoms with Crippen LogP contribution in [0, 0.1) is 0 Å². The number of benzene rings is 9. The molecule has 0 aliphatic rings. The van der Waals surface area contributed by atoms with Crippen LogP contribution < -0.4 is 31.8 Å². The third kappa shape index (κ3) is 5.71. The summed E-state index contributed by atoms with van der Waals surface area (Å²) in [6.45, 7) is -4.48. The molecular weight excluding hydrogens is 687 g/mol. The highest BCUT2D eigenvalue weighted by molar-refractivity contribution is 7.93. The predicted molar refractivity (Wildman–Crippen MR) is 244 cm³/mol. The number of rotatable bonds is 8. The van der Waals surface area contributed by atoms with Crippen molar-refractivity contribution < 1.29 is 0 Å². The average molecular weight is 727 g/mol. The van der Waals surface area contributed by atoms with Crippen molar-refractivity contribution >= 4 is 79.7 Å². The third-order valence-corrected chi connectivity index (χ3v) is 17.9. The van der Waals surface area contributed by atoms with Gasteiger partial charge in [0.25, 0.3) is 0 Å². The van der Waals surface area contributed by atoms with E-state index in [1.807, 2.05) is 0 Å². The average Bonchev–Trinajstić information content (AvgIpc) is 3.26. The summed E-state index contributed by atoms with van der Waals surface area (Å²) in [5.74, 6) is 0. The van der Waals surface area contributed by atoms with Gasteiger partial charge in [0.15, 0.2) is 0 Å². The zero-order valence-corrected chi connectivity index (χ0v) is 31.9. The Balaban J connectivity index is 1.41. The largest absolute Gasteiger partial charge is 0.0887 e. The Kier molecular flexibility index (Phi) is 8.89. The predicted octanol–water partition coefficient (Wildman–Crippen LogP) is 10.8. The summed E-state index contributed by atoms with van der Waals surface area (Å²) >= 11 is 0. The molecule has 9 aromatic carbocycles. The van der Waals surface area contributed by atoms with Gasteiger partial charge in [-0.2, -0.15) is 0 Å². The van der Waals surface area contributed by atoms with Crippen LogP contribution >= 0.6 is 13.8 Å². The highest BCUT2D eigenvalue weighted by atomic mass is 31.2. The first kappa shape index (κ1) is 33.9. The van der Waals surface area contributed by atoms with Gasteiger partial charge in [0, 0.05) is 0 Å². The third-order valence-electron chi connectivity index (χ3n) is 10.9. The Morgan fingerprint density at radius 1 is 0.241 bits per heavy atom. The molecule has 0 aliphatic heterocycles. The molecule has 54 heavy (non-hydrogen) atoms. The van der Waals surface area contributed by atoms with E-state index in [1.54, 1.807) is 0 Å². The number of hydrogen-bond acceptors (Lipinski definition) is 0.